The summed E-state index contributed by atoms with van der Waals surface area (Å²) >= 11 is 5.99. The highest BCUT2D eigenvalue weighted by Gasteiger charge is 2.59. The minimum Gasteiger partial charge on any atom is -0.462 e. The Hall–Kier alpha value is -1.87. The standard InChI is InChI=1S/C30H37ClO3/c1-19(32)34-23-14-16-29(2)21(18-23)7-10-24-25-11-12-27(30(25,3)17-15-26(24)29)28(33)13-6-20-4-8-22(31)9-5-20/h4-9,13,23-27H,10-12,14-18H2,1-3H3/b13-6+/t23-,24-,25-,26-,27+,29-,30-/m0/s1. The molecule has 0 spiro atoms. The minimum absolute atomic E-state index is 0.0446. The topological polar surface area (TPSA) is 43.4 Å². The molecule has 4 aliphatic carbocycles. The number of allylic oxidation sites excluding steroid dienone is 2. The lowest BCUT2D eigenvalue weighted by Crippen LogP contribution is -2.51. The van der Waals surface area contributed by atoms with Crippen molar-refractivity contribution in [3.05, 3.63) is 52.6 Å². The summed E-state index contributed by atoms with van der Waals surface area (Å²) in [7, 11) is 0. The molecular weight excluding hydrogens is 444 g/mol. The van der Waals surface area contributed by atoms with Crippen molar-refractivity contribution in [2.45, 2.75) is 78.2 Å². The van der Waals surface area contributed by atoms with Crippen LogP contribution in [0.3, 0.4) is 0 Å². The molecule has 0 aliphatic heterocycles. The van der Waals surface area contributed by atoms with Gasteiger partial charge in [-0.3, -0.25) is 9.59 Å². The maximum Gasteiger partial charge on any atom is 0.302 e. The molecule has 4 heteroatoms. The number of hydrogen-bond donors (Lipinski definition) is 0. The number of esters is 1. The molecule has 7 atom stereocenters. The van der Waals surface area contributed by atoms with E-state index in [4.69, 9.17) is 16.3 Å². The van der Waals surface area contributed by atoms with Gasteiger partial charge < -0.3 is 4.74 Å². The highest BCUT2D eigenvalue weighted by Crippen LogP contribution is 2.66. The molecule has 34 heavy (non-hydrogen) atoms. The third-order valence-corrected chi connectivity index (χ3v) is 10.3. The average molecular weight is 481 g/mol. The smallest absolute Gasteiger partial charge is 0.302 e. The summed E-state index contributed by atoms with van der Waals surface area (Å²) in [5, 5.41) is 0.713. The van der Waals surface area contributed by atoms with Gasteiger partial charge >= 0.3 is 5.97 Å². The minimum atomic E-state index is -0.164. The summed E-state index contributed by atoms with van der Waals surface area (Å²) in [6.07, 6.45) is 14.9. The van der Waals surface area contributed by atoms with Crippen LogP contribution >= 0.6 is 11.6 Å². The first-order valence-corrected chi connectivity index (χ1v) is 13.4. The van der Waals surface area contributed by atoms with Gasteiger partial charge in [-0.05, 0) is 97.3 Å². The normalized spacial score (nSPS) is 39.1. The van der Waals surface area contributed by atoms with Crippen LogP contribution in [-0.2, 0) is 14.3 Å². The highest BCUT2D eigenvalue weighted by molar-refractivity contribution is 6.30. The Labute approximate surface area is 209 Å². The van der Waals surface area contributed by atoms with Crippen LogP contribution in [0.2, 0.25) is 5.02 Å². The van der Waals surface area contributed by atoms with Gasteiger partial charge in [0.15, 0.2) is 5.78 Å². The van der Waals surface area contributed by atoms with E-state index >= 15 is 0 Å². The number of rotatable bonds is 4. The second-order valence-electron chi connectivity index (χ2n) is 11.7. The number of carbonyl (C=O) groups excluding carboxylic acids is 2. The molecule has 4 aliphatic rings. The molecule has 1 aromatic rings. The first-order valence-electron chi connectivity index (χ1n) is 13.0. The zero-order valence-corrected chi connectivity index (χ0v) is 21.4. The van der Waals surface area contributed by atoms with E-state index in [1.165, 1.54) is 18.9 Å². The van der Waals surface area contributed by atoms with Gasteiger partial charge in [-0.1, -0.05) is 55.3 Å². The van der Waals surface area contributed by atoms with Crippen LogP contribution in [-0.4, -0.2) is 17.9 Å². The van der Waals surface area contributed by atoms with Gasteiger partial charge in [-0.2, -0.15) is 0 Å². The van der Waals surface area contributed by atoms with Crippen molar-refractivity contribution in [3.8, 4) is 0 Å². The number of halogens is 1. The zero-order valence-electron chi connectivity index (χ0n) is 20.7. The van der Waals surface area contributed by atoms with Crippen molar-refractivity contribution in [2.75, 3.05) is 0 Å². The lowest BCUT2D eigenvalue weighted by atomic mass is 9.47. The van der Waals surface area contributed by atoms with Crippen molar-refractivity contribution in [2.24, 2.45) is 34.5 Å². The Morgan fingerprint density at radius 3 is 2.53 bits per heavy atom. The molecule has 0 unspecified atom stereocenters. The molecule has 0 amide bonds. The molecular formula is C30H37ClO3. The van der Waals surface area contributed by atoms with Gasteiger partial charge in [0.2, 0.25) is 0 Å². The van der Waals surface area contributed by atoms with Crippen LogP contribution in [0.15, 0.2) is 42.0 Å². The summed E-state index contributed by atoms with van der Waals surface area (Å²) in [6.45, 7) is 6.39. The van der Waals surface area contributed by atoms with E-state index in [0.717, 1.165) is 50.5 Å². The Morgan fingerprint density at radius 2 is 1.79 bits per heavy atom. The lowest BCUT2D eigenvalue weighted by molar-refractivity contribution is -0.149. The first kappa shape index (κ1) is 23.9. The second kappa shape index (κ2) is 8.97. The van der Waals surface area contributed by atoms with Crippen LogP contribution in [0.25, 0.3) is 6.08 Å². The van der Waals surface area contributed by atoms with Crippen LogP contribution in [0, 0.1) is 34.5 Å². The summed E-state index contributed by atoms with van der Waals surface area (Å²) < 4.78 is 5.58. The molecule has 0 N–H and O–H groups in total. The molecule has 0 saturated heterocycles. The second-order valence-corrected chi connectivity index (χ2v) is 12.1. The Balaban J connectivity index is 1.32. The van der Waals surface area contributed by atoms with Gasteiger partial charge in [-0.25, -0.2) is 0 Å². The maximum absolute atomic E-state index is 13.4. The number of ether oxygens (including phenoxy) is 1. The summed E-state index contributed by atoms with van der Waals surface area (Å²) in [5.74, 6) is 2.21. The van der Waals surface area contributed by atoms with Crippen molar-refractivity contribution in [3.63, 3.8) is 0 Å². The monoisotopic (exact) mass is 480 g/mol. The van der Waals surface area contributed by atoms with Crippen molar-refractivity contribution < 1.29 is 14.3 Å². The van der Waals surface area contributed by atoms with Gasteiger partial charge in [0.1, 0.15) is 6.10 Å². The van der Waals surface area contributed by atoms with E-state index < -0.39 is 0 Å². The van der Waals surface area contributed by atoms with Crippen molar-refractivity contribution >= 4 is 29.4 Å². The number of carbonyl (C=O) groups is 2. The molecule has 1 aromatic carbocycles. The molecule has 0 aromatic heterocycles. The molecule has 0 bridgehead atoms. The van der Waals surface area contributed by atoms with Gasteiger partial charge in [0.25, 0.3) is 0 Å². The van der Waals surface area contributed by atoms with Crippen LogP contribution in [0.1, 0.15) is 77.7 Å². The Kier molecular flexibility index (Phi) is 6.29. The van der Waals surface area contributed by atoms with Crippen LogP contribution in [0.5, 0.6) is 0 Å². The third-order valence-electron chi connectivity index (χ3n) is 10.0. The van der Waals surface area contributed by atoms with Gasteiger partial charge in [0, 0.05) is 24.3 Å². The maximum atomic E-state index is 13.4. The van der Waals surface area contributed by atoms with E-state index in [1.807, 2.05) is 36.4 Å². The van der Waals surface area contributed by atoms with Crippen LogP contribution in [0.4, 0.5) is 0 Å². The van der Waals surface area contributed by atoms with Gasteiger partial charge in [-0.15, -0.1) is 0 Å². The largest absolute Gasteiger partial charge is 0.462 e. The van der Waals surface area contributed by atoms with E-state index in [-0.39, 0.29) is 28.8 Å². The molecule has 3 nitrogen and oxygen atoms in total. The lowest BCUT2D eigenvalue weighted by Gasteiger charge is -2.58. The molecule has 182 valence electrons. The third kappa shape index (κ3) is 4.08. The van der Waals surface area contributed by atoms with Crippen molar-refractivity contribution in [1.82, 2.24) is 0 Å². The SMILES string of the molecule is CC(=O)O[C@H]1CC[C@@]2(C)C(=CC[C@H]3[C@@H]4CC[C@H](C(=O)/C=C/c5ccc(Cl)cc5)[C@@]4(C)CC[C@@H]32)C1. The predicted octanol–water partition coefficient (Wildman–Crippen LogP) is 7.43. The molecule has 3 fully saturated rings. The molecule has 5 rings (SSSR count). The van der Waals surface area contributed by atoms with Crippen LogP contribution < -0.4 is 0 Å². The van der Waals surface area contributed by atoms with Gasteiger partial charge in [0.05, 0.1) is 0 Å². The fourth-order valence-corrected chi connectivity index (χ4v) is 8.42. The average Bonchev–Trinajstić information content (AvgIpc) is 3.16. The van der Waals surface area contributed by atoms with E-state index in [0.29, 0.717) is 28.6 Å². The fraction of sp³-hybridized carbons (Fsp3) is 0.600. The molecule has 0 heterocycles. The number of hydrogen-bond acceptors (Lipinski definition) is 3. The van der Waals surface area contributed by atoms with Crippen molar-refractivity contribution in [1.29, 1.82) is 0 Å². The summed E-state index contributed by atoms with van der Waals surface area (Å²) in [5.41, 5.74) is 2.85. The first-order chi connectivity index (χ1) is 16.2. The fourth-order valence-electron chi connectivity index (χ4n) is 8.30. The molecule has 3 saturated carbocycles. The van der Waals surface area contributed by atoms with E-state index in [2.05, 4.69) is 19.9 Å². The highest BCUT2D eigenvalue weighted by atomic mass is 35.5. The number of ketones is 1. The summed E-state index contributed by atoms with van der Waals surface area (Å²) in [6, 6.07) is 7.65. The molecule has 0 radical (unpaired) electrons. The Morgan fingerprint density at radius 1 is 1.03 bits per heavy atom. The number of fused-ring (bicyclic) bond motifs is 5. The zero-order chi connectivity index (χ0) is 24.1. The summed E-state index contributed by atoms with van der Waals surface area (Å²) in [4.78, 5) is 24.8. The Bertz CT molecular complexity index is 1020. The van der Waals surface area contributed by atoms with E-state index in [1.54, 1.807) is 0 Å². The number of benzene rings is 1. The quantitative estimate of drug-likeness (QED) is 0.255. The van der Waals surface area contributed by atoms with E-state index in [9.17, 15) is 9.59 Å². The predicted molar refractivity (Wildman–Crippen MR) is 136 cm³/mol.